The fraction of sp³-hybridized carbons (Fsp3) is 0.714. The van der Waals surface area contributed by atoms with Gasteiger partial charge in [-0.05, 0) is 6.42 Å². The van der Waals surface area contributed by atoms with Gasteiger partial charge >= 0.3 is 6.18 Å². The Hall–Kier alpha value is -0.360. The molecule has 80 valence electrons. The van der Waals surface area contributed by atoms with E-state index in [1.165, 1.54) is 0 Å². The van der Waals surface area contributed by atoms with Gasteiger partial charge in [-0.15, -0.1) is 33.1 Å². The van der Waals surface area contributed by atoms with Crippen molar-refractivity contribution >= 4 is 22.9 Å². The Balaban J connectivity index is 2.51. The molecule has 0 saturated heterocycles. The molecule has 0 bridgehead atoms. The molecule has 1 rings (SSSR count). The number of hydrogen-bond donors (Lipinski definition) is 0. The first-order valence-electron chi connectivity index (χ1n) is 3.95. The molecule has 0 fully saturated rings. The Morgan fingerprint density at radius 3 is 2.43 bits per heavy atom. The summed E-state index contributed by atoms with van der Waals surface area (Å²) in [6.45, 7) is 0. The highest BCUT2D eigenvalue weighted by atomic mass is 35.5. The lowest BCUT2D eigenvalue weighted by atomic mass is 10.4. The van der Waals surface area contributed by atoms with E-state index >= 15 is 0 Å². The van der Waals surface area contributed by atoms with Crippen LogP contribution in [0.25, 0.3) is 0 Å². The zero-order chi connectivity index (χ0) is 10.6. The van der Waals surface area contributed by atoms with Crippen LogP contribution in [0.1, 0.15) is 16.4 Å². The van der Waals surface area contributed by atoms with Gasteiger partial charge in [0.2, 0.25) is 0 Å². The molecule has 1 aromatic heterocycles. The summed E-state index contributed by atoms with van der Waals surface area (Å²) in [4.78, 5) is 0. The van der Waals surface area contributed by atoms with Crippen molar-refractivity contribution in [3.8, 4) is 0 Å². The second-order valence-corrected chi connectivity index (χ2v) is 4.20. The van der Waals surface area contributed by atoms with E-state index in [0.29, 0.717) is 23.7 Å². The van der Waals surface area contributed by atoms with Gasteiger partial charge < -0.3 is 0 Å². The molecule has 0 unspecified atom stereocenters. The maximum absolute atomic E-state index is 11.9. The predicted molar refractivity (Wildman–Crippen MR) is 48.7 cm³/mol. The summed E-state index contributed by atoms with van der Waals surface area (Å²) >= 11 is 6.44. The highest BCUT2D eigenvalue weighted by Crippen LogP contribution is 2.23. The predicted octanol–water partition coefficient (Wildman–Crippen LogP) is 2.81. The van der Waals surface area contributed by atoms with Crippen molar-refractivity contribution in [1.82, 2.24) is 10.2 Å². The van der Waals surface area contributed by atoms with Crippen LogP contribution in [-0.2, 0) is 12.8 Å². The first kappa shape index (κ1) is 11.7. The molecule has 1 heterocycles. The maximum atomic E-state index is 11.9. The second kappa shape index (κ2) is 4.93. The fourth-order valence-corrected chi connectivity index (χ4v) is 1.90. The summed E-state index contributed by atoms with van der Waals surface area (Å²) in [5.41, 5.74) is 0. The van der Waals surface area contributed by atoms with Crippen molar-refractivity contribution in [1.29, 1.82) is 0 Å². The Morgan fingerprint density at radius 2 is 1.86 bits per heavy atom. The molecule has 2 nitrogen and oxygen atoms in total. The van der Waals surface area contributed by atoms with Crippen LogP contribution in [0.2, 0.25) is 0 Å². The third kappa shape index (κ3) is 4.23. The van der Waals surface area contributed by atoms with Crippen LogP contribution in [0, 0.1) is 0 Å². The molecule has 0 aromatic carbocycles. The summed E-state index contributed by atoms with van der Waals surface area (Å²) in [5.74, 6) is 0.480. The molecule has 0 saturated carbocycles. The van der Waals surface area contributed by atoms with Crippen LogP contribution < -0.4 is 0 Å². The average Bonchev–Trinajstić information content (AvgIpc) is 2.46. The molecule has 0 atom stereocenters. The van der Waals surface area contributed by atoms with E-state index in [9.17, 15) is 13.2 Å². The van der Waals surface area contributed by atoms with E-state index in [4.69, 9.17) is 11.6 Å². The van der Waals surface area contributed by atoms with Gasteiger partial charge in [0, 0.05) is 12.3 Å². The highest BCUT2D eigenvalue weighted by molar-refractivity contribution is 7.11. The van der Waals surface area contributed by atoms with Crippen LogP contribution in [0.4, 0.5) is 13.2 Å². The minimum absolute atomic E-state index is 0.0158. The van der Waals surface area contributed by atoms with Gasteiger partial charge in [0.25, 0.3) is 0 Å². The molecular weight excluding hydrogens is 237 g/mol. The third-order valence-electron chi connectivity index (χ3n) is 1.38. The van der Waals surface area contributed by atoms with Crippen LogP contribution in [-0.4, -0.2) is 22.3 Å². The molecule has 14 heavy (non-hydrogen) atoms. The number of halogens is 4. The molecule has 0 N–H and O–H groups in total. The Kier molecular flexibility index (Phi) is 4.12. The molecule has 0 spiro atoms. The summed E-state index contributed by atoms with van der Waals surface area (Å²) in [6.07, 6.45) is -3.89. The van der Waals surface area contributed by atoms with Gasteiger partial charge in [-0.2, -0.15) is 13.2 Å². The van der Waals surface area contributed by atoms with Crippen molar-refractivity contribution in [2.75, 3.05) is 5.88 Å². The maximum Gasteiger partial charge on any atom is 0.395 e. The molecule has 0 radical (unpaired) electrons. The number of aromatic nitrogens is 2. The zero-order valence-corrected chi connectivity index (χ0v) is 8.72. The number of alkyl halides is 4. The lowest BCUT2D eigenvalue weighted by Gasteiger charge is -2.00. The summed E-state index contributed by atoms with van der Waals surface area (Å²) in [5, 5.41) is 7.74. The average molecular weight is 245 g/mol. The topological polar surface area (TPSA) is 25.8 Å². The molecule has 7 heteroatoms. The van der Waals surface area contributed by atoms with Crippen LogP contribution in [0.15, 0.2) is 0 Å². The molecular formula is C7H8ClF3N2S. The van der Waals surface area contributed by atoms with Gasteiger partial charge in [-0.25, -0.2) is 0 Å². The second-order valence-electron chi connectivity index (χ2n) is 2.67. The van der Waals surface area contributed by atoms with Gasteiger partial charge in [-0.1, -0.05) is 0 Å². The van der Waals surface area contributed by atoms with E-state index < -0.39 is 12.6 Å². The van der Waals surface area contributed by atoms with E-state index in [1.807, 2.05) is 0 Å². The molecule has 1 aromatic rings. The minimum atomic E-state index is -4.21. The van der Waals surface area contributed by atoms with Gasteiger partial charge in [0.05, 0.1) is 6.42 Å². The van der Waals surface area contributed by atoms with E-state index in [-0.39, 0.29) is 5.01 Å². The Morgan fingerprint density at radius 1 is 1.21 bits per heavy atom. The SMILES string of the molecule is FC(F)(F)Cc1nnc(CCCCl)s1. The minimum Gasteiger partial charge on any atom is -0.171 e. The largest absolute Gasteiger partial charge is 0.395 e. The Labute approximate surface area is 88.1 Å². The fourth-order valence-electron chi connectivity index (χ4n) is 0.850. The molecule has 0 aliphatic carbocycles. The lowest BCUT2D eigenvalue weighted by molar-refractivity contribution is -0.127. The first-order chi connectivity index (χ1) is 6.51. The molecule has 0 aliphatic rings. The highest BCUT2D eigenvalue weighted by Gasteiger charge is 2.29. The van der Waals surface area contributed by atoms with Gasteiger partial charge in [0.15, 0.2) is 0 Å². The number of hydrogen-bond acceptors (Lipinski definition) is 3. The zero-order valence-electron chi connectivity index (χ0n) is 7.14. The first-order valence-corrected chi connectivity index (χ1v) is 5.30. The van der Waals surface area contributed by atoms with Gasteiger partial charge in [-0.3, -0.25) is 0 Å². The van der Waals surface area contributed by atoms with E-state index in [2.05, 4.69) is 10.2 Å². The van der Waals surface area contributed by atoms with Crippen molar-refractivity contribution in [3.05, 3.63) is 10.0 Å². The monoisotopic (exact) mass is 244 g/mol. The van der Waals surface area contributed by atoms with Crippen LogP contribution >= 0.6 is 22.9 Å². The summed E-state index contributed by atoms with van der Waals surface area (Å²) < 4.78 is 35.8. The third-order valence-corrected chi connectivity index (χ3v) is 2.63. The summed E-state index contributed by atoms with van der Waals surface area (Å²) in [6, 6.07) is 0. The van der Waals surface area contributed by atoms with Crippen molar-refractivity contribution in [2.45, 2.75) is 25.4 Å². The number of aryl methyl sites for hydroxylation is 1. The standard InChI is InChI=1S/C7H8ClF3N2S/c8-3-1-2-5-12-13-6(14-5)4-7(9,10)11/h1-4H2. The number of rotatable bonds is 4. The van der Waals surface area contributed by atoms with E-state index in [1.54, 1.807) is 0 Å². The van der Waals surface area contributed by atoms with Crippen molar-refractivity contribution in [3.63, 3.8) is 0 Å². The quantitative estimate of drug-likeness (QED) is 0.761. The van der Waals surface area contributed by atoms with Crippen LogP contribution in [0.5, 0.6) is 0 Å². The smallest absolute Gasteiger partial charge is 0.171 e. The van der Waals surface area contributed by atoms with Crippen LogP contribution in [0.3, 0.4) is 0 Å². The lowest BCUT2D eigenvalue weighted by Crippen LogP contribution is -2.11. The number of nitrogens with zero attached hydrogens (tertiary/aromatic N) is 2. The molecule has 0 amide bonds. The van der Waals surface area contributed by atoms with E-state index in [0.717, 1.165) is 11.3 Å². The Bertz CT molecular complexity index is 287. The summed E-state index contributed by atoms with van der Waals surface area (Å²) in [7, 11) is 0. The van der Waals surface area contributed by atoms with Gasteiger partial charge in [0.1, 0.15) is 10.0 Å². The molecule has 0 aliphatic heterocycles. The van der Waals surface area contributed by atoms with Crippen molar-refractivity contribution < 1.29 is 13.2 Å². The normalized spacial score (nSPS) is 12.0. The van der Waals surface area contributed by atoms with Crippen molar-refractivity contribution in [2.24, 2.45) is 0 Å².